The maximum atomic E-state index is 10.2. The second kappa shape index (κ2) is 8.66. The van der Waals surface area contributed by atoms with Crippen LogP contribution in [0.3, 0.4) is 0 Å². The van der Waals surface area contributed by atoms with Crippen LogP contribution in [0.15, 0.2) is 18.2 Å². The van der Waals surface area contributed by atoms with Crippen LogP contribution in [0.25, 0.3) is 0 Å². The molecule has 124 valence electrons. The van der Waals surface area contributed by atoms with Gasteiger partial charge in [-0.15, -0.1) is 0 Å². The highest BCUT2D eigenvalue weighted by atomic mass is 16.5. The Balaban J connectivity index is 1.88. The maximum Gasteiger partial charge on any atom is 0.0900 e. The van der Waals surface area contributed by atoms with Gasteiger partial charge >= 0.3 is 0 Å². The van der Waals surface area contributed by atoms with E-state index < -0.39 is 0 Å². The summed E-state index contributed by atoms with van der Waals surface area (Å²) >= 11 is 0. The number of aliphatic hydroxyl groups is 1. The standard InChI is InChI=1S/C19H31NO2/c1-4-7-17-9-8-15(2)12-19(17)16(3)22-14-18(21)13-20-10-5-6-11-20/h8-9,12,16,18,21H,4-7,10-11,13-14H2,1-3H3. The molecule has 1 N–H and O–H groups in total. The van der Waals surface area contributed by atoms with Crippen LogP contribution in [0.1, 0.15) is 55.9 Å². The molecule has 0 amide bonds. The molecule has 3 heteroatoms. The molecule has 2 unspecified atom stereocenters. The third-order valence-corrected chi connectivity index (χ3v) is 4.46. The van der Waals surface area contributed by atoms with Crippen LogP contribution in [0.2, 0.25) is 0 Å². The number of aryl methyl sites for hydroxylation is 2. The van der Waals surface area contributed by atoms with Crippen molar-refractivity contribution in [2.75, 3.05) is 26.2 Å². The van der Waals surface area contributed by atoms with E-state index in [9.17, 15) is 5.11 Å². The van der Waals surface area contributed by atoms with Crippen LogP contribution in [-0.2, 0) is 11.2 Å². The highest BCUT2D eigenvalue weighted by Crippen LogP contribution is 2.24. The molecular formula is C19H31NO2. The minimum absolute atomic E-state index is 0.0367. The highest BCUT2D eigenvalue weighted by Gasteiger charge is 2.18. The average Bonchev–Trinajstić information content (AvgIpc) is 2.99. The number of hydrogen-bond donors (Lipinski definition) is 1. The molecule has 0 radical (unpaired) electrons. The number of benzene rings is 1. The van der Waals surface area contributed by atoms with Crippen molar-refractivity contribution in [1.82, 2.24) is 4.90 Å². The largest absolute Gasteiger partial charge is 0.389 e. The van der Waals surface area contributed by atoms with Gasteiger partial charge in [0.15, 0.2) is 0 Å². The lowest BCUT2D eigenvalue weighted by atomic mass is 9.97. The minimum atomic E-state index is -0.389. The summed E-state index contributed by atoms with van der Waals surface area (Å²) in [6.07, 6.45) is 4.39. The van der Waals surface area contributed by atoms with Crippen molar-refractivity contribution in [1.29, 1.82) is 0 Å². The van der Waals surface area contributed by atoms with Crippen molar-refractivity contribution in [2.24, 2.45) is 0 Å². The van der Waals surface area contributed by atoms with Gasteiger partial charge in [-0.25, -0.2) is 0 Å². The fraction of sp³-hybridized carbons (Fsp3) is 0.684. The predicted molar refractivity (Wildman–Crippen MR) is 91.2 cm³/mol. The monoisotopic (exact) mass is 305 g/mol. The van der Waals surface area contributed by atoms with Crippen molar-refractivity contribution in [3.63, 3.8) is 0 Å². The van der Waals surface area contributed by atoms with Gasteiger partial charge < -0.3 is 14.7 Å². The lowest BCUT2D eigenvalue weighted by Gasteiger charge is -2.22. The quantitative estimate of drug-likeness (QED) is 0.798. The number of hydrogen-bond acceptors (Lipinski definition) is 3. The Labute approximate surface area is 135 Å². The fourth-order valence-electron chi connectivity index (χ4n) is 3.25. The summed E-state index contributed by atoms with van der Waals surface area (Å²) in [4.78, 5) is 2.33. The van der Waals surface area contributed by atoms with Gasteiger partial charge in [0, 0.05) is 6.54 Å². The predicted octanol–water partition coefficient (Wildman–Crippen LogP) is 3.48. The first kappa shape index (κ1) is 17.5. The summed E-state index contributed by atoms with van der Waals surface area (Å²) in [5.74, 6) is 0. The minimum Gasteiger partial charge on any atom is -0.389 e. The first-order valence-electron chi connectivity index (χ1n) is 8.71. The highest BCUT2D eigenvalue weighted by molar-refractivity contribution is 5.33. The zero-order valence-corrected chi connectivity index (χ0v) is 14.3. The van der Waals surface area contributed by atoms with Crippen LogP contribution < -0.4 is 0 Å². The Morgan fingerprint density at radius 3 is 2.68 bits per heavy atom. The van der Waals surface area contributed by atoms with Gasteiger partial charge in [-0.2, -0.15) is 0 Å². The molecule has 0 aromatic heterocycles. The molecule has 1 aliphatic heterocycles. The normalized spacial score (nSPS) is 18.5. The van der Waals surface area contributed by atoms with E-state index in [2.05, 4.69) is 43.9 Å². The molecule has 22 heavy (non-hydrogen) atoms. The van der Waals surface area contributed by atoms with Gasteiger partial charge in [0.2, 0.25) is 0 Å². The third-order valence-electron chi connectivity index (χ3n) is 4.46. The molecule has 3 nitrogen and oxygen atoms in total. The molecule has 2 rings (SSSR count). The molecule has 1 aromatic carbocycles. The number of likely N-dealkylation sites (tertiary alicyclic amines) is 1. The molecule has 0 saturated carbocycles. The van der Waals surface area contributed by atoms with Crippen molar-refractivity contribution in [2.45, 2.75) is 58.7 Å². The summed E-state index contributed by atoms with van der Waals surface area (Å²) in [5.41, 5.74) is 3.91. The Bertz CT molecular complexity index is 455. The van der Waals surface area contributed by atoms with E-state index in [1.165, 1.54) is 29.5 Å². The maximum absolute atomic E-state index is 10.2. The summed E-state index contributed by atoms with van der Waals surface area (Å²) in [6, 6.07) is 6.61. The molecule has 1 fully saturated rings. The van der Waals surface area contributed by atoms with Crippen LogP contribution in [-0.4, -0.2) is 42.4 Å². The Hall–Kier alpha value is -0.900. The summed E-state index contributed by atoms with van der Waals surface area (Å²) in [7, 11) is 0. The molecule has 0 bridgehead atoms. The lowest BCUT2D eigenvalue weighted by Crippen LogP contribution is -2.33. The van der Waals surface area contributed by atoms with Crippen LogP contribution in [0, 0.1) is 6.92 Å². The molecule has 0 aliphatic carbocycles. The van der Waals surface area contributed by atoms with Gasteiger partial charge in [-0.1, -0.05) is 37.1 Å². The number of rotatable bonds is 8. The summed E-state index contributed by atoms with van der Waals surface area (Å²) in [6.45, 7) is 9.80. The second-order valence-electron chi connectivity index (χ2n) is 6.59. The van der Waals surface area contributed by atoms with Crippen molar-refractivity contribution in [3.05, 3.63) is 34.9 Å². The lowest BCUT2D eigenvalue weighted by molar-refractivity contribution is -0.0136. The molecule has 1 aromatic rings. The van der Waals surface area contributed by atoms with E-state index in [0.717, 1.165) is 32.5 Å². The number of nitrogens with zero attached hydrogens (tertiary/aromatic N) is 1. The summed E-state index contributed by atoms with van der Waals surface area (Å²) < 4.78 is 5.97. The first-order valence-corrected chi connectivity index (χ1v) is 8.71. The molecule has 0 spiro atoms. The zero-order valence-electron chi connectivity index (χ0n) is 14.3. The number of ether oxygens (including phenoxy) is 1. The van der Waals surface area contributed by atoms with E-state index in [4.69, 9.17) is 4.74 Å². The first-order chi connectivity index (χ1) is 10.6. The second-order valence-corrected chi connectivity index (χ2v) is 6.59. The van der Waals surface area contributed by atoms with Crippen LogP contribution in [0.4, 0.5) is 0 Å². The van der Waals surface area contributed by atoms with E-state index in [-0.39, 0.29) is 12.2 Å². The van der Waals surface area contributed by atoms with Crippen molar-refractivity contribution >= 4 is 0 Å². The Morgan fingerprint density at radius 2 is 2.00 bits per heavy atom. The zero-order chi connectivity index (χ0) is 15.9. The van der Waals surface area contributed by atoms with Gasteiger partial charge in [-0.05, 0) is 57.3 Å². The van der Waals surface area contributed by atoms with Gasteiger partial charge in [-0.3, -0.25) is 0 Å². The Morgan fingerprint density at radius 1 is 1.27 bits per heavy atom. The summed E-state index contributed by atoms with van der Waals surface area (Å²) in [5, 5.41) is 10.2. The smallest absolute Gasteiger partial charge is 0.0900 e. The van der Waals surface area contributed by atoms with E-state index >= 15 is 0 Å². The molecule has 1 aliphatic rings. The van der Waals surface area contributed by atoms with E-state index in [1.807, 2.05) is 0 Å². The molecule has 2 atom stereocenters. The molecular weight excluding hydrogens is 274 g/mol. The number of β-amino-alcohol motifs (C(OH)–C–C–N with tert-alkyl or cyclic N) is 1. The Kier molecular flexibility index (Phi) is 6.87. The fourth-order valence-corrected chi connectivity index (χ4v) is 3.25. The van der Waals surface area contributed by atoms with Crippen molar-refractivity contribution < 1.29 is 9.84 Å². The SMILES string of the molecule is CCCc1ccc(C)cc1C(C)OCC(O)CN1CCCC1. The number of aliphatic hydroxyl groups excluding tert-OH is 1. The van der Waals surface area contributed by atoms with Crippen LogP contribution >= 0.6 is 0 Å². The van der Waals surface area contributed by atoms with Crippen LogP contribution in [0.5, 0.6) is 0 Å². The van der Waals surface area contributed by atoms with E-state index in [0.29, 0.717) is 6.61 Å². The van der Waals surface area contributed by atoms with Crippen molar-refractivity contribution in [3.8, 4) is 0 Å². The average molecular weight is 305 g/mol. The van der Waals surface area contributed by atoms with Gasteiger partial charge in [0.1, 0.15) is 0 Å². The van der Waals surface area contributed by atoms with Gasteiger partial charge in [0.25, 0.3) is 0 Å². The third kappa shape index (κ3) is 5.08. The molecule has 1 saturated heterocycles. The topological polar surface area (TPSA) is 32.7 Å². The van der Waals surface area contributed by atoms with Gasteiger partial charge in [0.05, 0.1) is 18.8 Å². The van der Waals surface area contributed by atoms with E-state index in [1.54, 1.807) is 0 Å². The molecule has 1 heterocycles.